The lowest BCUT2D eigenvalue weighted by molar-refractivity contribution is 0.0954. The van der Waals surface area contributed by atoms with Crippen LogP contribution in [0.3, 0.4) is 0 Å². The van der Waals surface area contributed by atoms with Crippen LogP contribution in [0.1, 0.15) is 35.2 Å². The number of thioether (sulfide) groups is 1. The zero-order valence-electron chi connectivity index (χ0n) is 15.6. The minimum Gasteiger partial charge on any atom is -0.267 e. The van der Waals surface area contributed by atoms with Crippen LogP contribution < -0.4 is 5.43 Å². The van der Waals surface area contributed by atoms with E-state index in [1.165, 1.54) is 28.6 Å². The van der Waals surface area contributed by atoms with Crippen molar-refractivity contribution in [1.29, 1.82) is 0 Å². The van der Waals surface area contributed by atoms with Gasteiger partial charge >= 0.3 is 0 Å². The summed E-state index contributed by atoms with van der Waals surface area (Å²) in [6, 6.07) is 10.5. The number of sulfonamides is 1. The minimum absolute atomic E-state index is 0.0983. The van der Waals surface area contributed by atoms with E-state index in [-0.39, 0.29) is 16.3 Å². The van der Waals surface area contributed by atoms with Crippen molar-refractivity contribution in [3.63, 3.8) is 0 Å². The first-order valence-electron chi connectivity index (χ1n) is 9.35. The number of rotatable bonds is 4. The molecule has 2 aliphatic heterocycles. The van der Waals surface area contributed by atoms with Crippen molar-refractivity contribution in [2.24, 2.45) is 5.10 Å². The van der Waals surface area contributed by atoms with E-state index in [4.69, 9.17) is 0 Å². The number of benzene rings is 2. The molecule has 29 heavy (non-hydrogen) atoms. The molecule has 152 valence electrons. The van der Waals surface area contributed by atoms with Gasteiger partial charge in [-0.05, 0) is 49.2 Å². The van der Waals surface area contributed by atoms with Gasteiger partial charge in [0.05, 0.1) is 10.6 Å². The van der Waals surface area contributed by atoms with Gasteiger partial charge in [-0.1, -0.05) is 6.07 Å². The topological polar surface area (TPSA) is 78.8 Å². The van der Waals surface area contributed by atoms with E-state index in [2.05, 4.69) is 10.5 Å². The Balaban J connectivity index is 1.55. The molecule has 0 bridgehead atoms. The van der Waals surface area contributed by atoms with Crippen molar-refractivity contribution < 1.29 is 17.6 Å². The fraction of sp³-hybridized carbons (Fsp3) is 0.300. The fourth-order valence-electron chi connectivity index (χ4n) is 3.42. The summed E-state index contributed by atoms with van der Waals surface area (Å²) in [5.41, 5.74) is 3.97. The number of carbonyl (C=O) groups excluding carboxylic acids is 1. The zero-order chi connectivity index (χ0) is 20.4. The standard InChI is InChI=1S/C20H20FN3O3S2/c21-15-6-7-19-17(13-15)18(8-11-28-19)22-23-20(25)14-4-3-5-16(12-14)29(26,27)24-9-1-2-10-24/h3-7,12-13H,1-2,8-11H2,(H,23,25)/b22-18+. The van der Waals surface area contributed by atoms with Gasteiger partial charge in [0.2, 0.25) is 10.0 Å². The molecule has 0 aromatic heterocycles. The van der Waals surface area contributed by atoms with E-state index in [9.17, 15) is 17.6 Å². The molecule has 6 nitrogen and oxygen atoms in total. The van der Waals surface area contributed by atoms with E-state index in [1.807, 2.05) is 0 Å². The maximum absolute atomic E-state index is 13.6. The molecule has 4 rings (SSSR count). The molecule has 0 aliphatic carbocycles. The maximum Gasteiger partial charge on any atom is 0.271 e. The number of halogens is 1. The Bertz CT molecular complexity index is 1080. The minimum atomic E-state index is -3.60. The van der Waals surface area contributed by atoms with Crippen LogP contribution >= 0.6 is 11.8 Å². The highest BCUT2D eigenvalue weighted by molar-refractivity contribution is 7.99. The van der Waals surface area contributed by atoms with Crippen LogP contribution in [-0.2, 0) is 10.0 Å². The molecule has 2 aromatic carbocycles. The molecule has 1 N–H and O–H groups in total. The zero-order valence-corrected chi connectivity index (χ0v) is 17.2. The van der Waals surface area contributed by atoms with Gasteiger partial charge in [-0.25, -0.2) is 18.2 Å². The SMILES string of the molecule is O=C(N/N=C1\CCSc2ccc(F)cc21)c1cccc(S(=O)(=O)N2CCCC2)c1. The van der Waals surface area contributed by atoms with E-state index >= 15 is 0 Å². The highest BCUT2D eigenvalue weighted by Crippen LogP contribution is 2.30. The summed E-state index contributed by atoms with van der Waals surface area (Å²) in [6.07, 6.45) is 2.29. The van der Waals surface area contributed by atoms with Crippen molar-refractivity contribution >= 4 is 33.4 Å². The third-order valence-electron chi connectivity index (χ3n) is 4.94. The number of nitrogens with one attached hydrogen (secondary N) is 1. The highest BCUT2D eigenvalue weighted by atomic mass is 32.2. The molecule has 2 aromatic rings. The Morgan fingerprint density at radius 3 is 2.72 bits per heavy atom. The number of carbonyl (C=O) groups is 1. The van der Waals surface area contributed by atoms with Gasteiger partial charge in [-0.3, -0.25) is 4.79 Å². The Morgan fingerprint density at radius 1 is 1.14 bits per heavy atom. The van der Waals surface area contributed by atoms with Crippen molar-refractivity contribution in [1.82, 2.24) is 9.73 Å². The average molecular weight is 434 g/mol. The molecular weight excluding hydrogens is 413 g/mol. The summed E-state index contributed by atoms with van der Waals surface area (Å²) in [6.45, 7) is 1.00. The Hall–Kier alpha value is -2.23. The lowest BCUT2D eigenvalue weighted by Crippen LogP contribution is -2.28. The van der Waals surface area contributed by atoms with Crippen LogP contribution in [0, 0.1) is 5.82 Å². The summed E-state index contributed by atoms with van der Waals surface area (Å²) >= 11 is 1.62. The van der Waals surface area contributed by atoms with Gasteiger partial charge in [-0.15, -0.1) is 11.8 Å². The van der Waals surface area contributed by atoms with E-state index in [0.29, 0.717) is 30.8 Å². The number of fused-ring (bicyclic) bond motifs is 1. The second-order valence-corrected chi connectivity index (χ2v) is 9.95. The van der Waals surface area contributed by atoms with Crippen LogP contribution in [-0.4, -0.2) is 43.2 Å². The predicted octanol–water partition coefficient (Wildman–Crippen LogP) is 3.24. The molecule has 1 fully saturated rings. The Kier molecular flexibility index (Phi) is 5.71. The van der Waals surface area contributed by atoms with Gasteiger partial charge in [0.1, 0.15) is 5.82 Å². The number of hydrogen-bond donors (Lipinski definition) is 1. The number of amides is 1. The third kappa shape index (κ3) is 4.22. The summed E-state index contributed by atoms with van der Waals surface area (Å²) in [7, 11) is -3.60. The van der Waals surface area contributed by atoms with Gasteiger partial charge in [0, 0.05) is 41.3 Å². The van der Waals surface area contributed by atoms with Gasteiger partial charge in [0.25, 0.3) is 5.91 Å². The van der Waals surface area contributed by atoms with Gasteiger partial charge < -0.3 is 0 Å². The lowest BCUT2D eigenvalue weighted by Gasteiger charge is -2.17. The van der Waals surface area contributed by atoms with Crippen LogP contribution in [0.5, 0.6) is 0 Å². The fourth-order valence-corrected chi connectivity index (χ4v) is 6.00. The lowest BCUT2D eigenvalue weighted by atomic mass is 10.1. The van der Waals surface area contributed by atoms with E-state index in [1.54, 1.807) is 30.0 Å². The summed E-state index contributed by atoms with van der Waals surface area (Å²) in [4.78, 5) is 13.6. The monoisotopic (exact) mass is 433 g/mol. The van der Waals surface area contributed by atoms with Crippen molar-refractivity contribution in [2.75, 3.05) is 18.8 Å². The van der Waals surface area contributed by atoms with Crippen molar-refractivity contribution in [3.8, 4) is 0 Å². The molecular formula is C20H20FN3O3S2. The Labute approximate surface area is 173 Å². The number of hydrogen-bond acceptors (Lipinski definition) is 5. The number of nitrogens with zero attached hydrogens (tertiary/aromatic N) is 2. The molecule has 0 atom stereocenters. The average Bonchev–Trinajstić information content (AvgIpc) is 3.28. The third-order valence-corrected chi connectivity index (χ3v) is 7.91. The highest BCUT2D eigenvalue weighted by Gasteiger charge is 2.27. The van der Waals surface area contributed by atoms with Crippen LogP contribution in [0.15, 0.2) is 57.4 Å². The molecule has 2 aliphatic rings. The second-order valence-electron chi connectivity index (χ2n) is 6.88. The first-order chi connectivity index (χ1) is 13.9. The molecule has 1 saturated heterocycles. The number of hydrazone groups is 1. The quantitative estimate of drug-likeness (QED) is 0.751. The van der Waals surface area contributed by atoms with Gasteiger partial charge in [-0.2, -0.15) is 9.41 Å². The van der Waals surface area contributed by atoms with Crippen molar-refractivity contribution in [2.45, 2.75) is 29.1 Å². The van der Waals surface area contributed by atoms with E-state index < -0.39 is 15.9 Å². The summed E-state index contributed by atoms with van der Waals surface area (Å²) in [5, 5.41) is 4.19. The van der Waals surface area contributed by atoms with Crippen molar-refractivity contribution in [3.05, 3.63) is 59.4 Å². The summed E-state index contributed by atoms with van der Waals surface area (Å²) < 4.78 is 40.5. The van der Waals surface area contributed by atoms with Gasteiger partial charge in [0.15, 0.2) is 0 Å². The normalized spacial score (nSPS) is 18.6. The second kappa shape index (κ2) is 8.25. The first-order valence-corrected chi connectivity index (χ1v) is 11.8. The van der Waals surface area contributed by atoms with Crippen LogP contribution in [0.25, 0.3) is 0 Å². The smallest absolute Gasteiger partial charge is 0.267 e. The van der Waals surface area contributed by atoms with Crippen LogP contribution in [0.2, 0.25) is 0 Å². The van der Waals surface area contributed by atoms with E-state index in [0.717, 1.165) is 23.5 Å². The Morgan fingerprint density at radius 2 is 1.93 bits per heavy atom. The summed E-state index contributed by atoms with van der Waals surface area (Å²) in [5.74, 6) is -0.0751. The molecule has 0 unspecified atom stereocenters. The molecule has 0 saturated carbocycles. The molecule has 0 radical (unpaired) electrons. The molecule has 0 spiro atoms. The molecule has 9 heteroatoms. The maximum atomic E-state index is 13.6. The molecule has 2 heterocycles. The largest absolute Gasteiger partial charge is 0.271 e. The first kappa shape index (κ1) is 20.1. The predicted molar refractivity (Wildman–Crippen MR) is 110 cm³/mol. The molecule has 1 amide bonds. The van der Waals surface area contributed by atoms with Crippen LogP contribution in [0.4, 0.5) is 4.39 Å².